The van der Waals surface area contributed by atoms with Crippen molar-refractivity contribution in [3.05, 3.63) is 57.8 Å². The number of methoxy groups -OCH3 is 1. The third-order valence-electron chi connectivity index (χ3n) is 3.15. The number of ether oxygens (including phenoxy) is 1. The fraction of sp³-hybridized carbons (Fsp3) is 0.188. The Kier molecular flexibility index (Phi) is 4.81. The zero-order valence-corrected chi connectivity index (χ0v) is 13.2. The number of nitrogens with one attached hydrogen (secondary N) is 1. The van der Waals surface area contributed by atoms with Crippen molar-refractivity contribution in [1.29, 1.82) is 5.26 Å². The molecule has 0 saturated heterocycles. The van der Waals surface area contributed by atoms with Crippen LogP contribution in [0.5, 0.6) is 5.75 Å². The van der Waals surface area contributed by atoms with Crippen molar-refractivity contribution in [2.24, 2.45) is 0 Å². The van der Waals surface area contributed by atoms with Gasteiger partial charge in [-0.3, -0.25) is 0 Å². The van der Waals surface area contributed by atoms with Crippen molar-refractivity contribution in [2.45, 2.75) is 13.0 Å². The quantitative estimate of drug-likeness (QED) is 0.875. The monoisotopic (exact) mass is 348 g/mol. The van der Waals surface area contributed by atoms with Gasteiger partial charge in [0.05, 0.1) is 18.7 Å². The molecule has 0 saturated carbocycles. The van der Waals surface area contributed by atoms with Gasteiger partial charge < -0.3 is 10.1 Å². The third-order valence-corrected chi connectivity index (χ3v) is 3.80. The molecule has 2 aromatic carbocycles. The first-order valence-corrected chi connectivity index (χ1v) is 7.14. The lowest BCUT2D eigenvalue weighted by Crippen LogP contribution is -2.07. The van der Waals surface area contributed by atoms with Gasteiger partial charge in [0.1, 0.15) is 0 Å². The van der Waals surface area contributed by atoms with Crippen molar-refractivity contribution in [1.82, 2.24) is 0 Å². The fourth-order valence-corrected chi connectivity index (χ4v) is 2.46. The Morgan fingerprint density at radius 1 is 1.29 bits per heavy atom. The molecule has 1 N–H and O–H groups in total. The number of hydrogen-bond acceptors (Lipinski definition) is 3. The lowest BCUT2D eigenvalue weighted by atomic mass is 10.1. The van der Waals surface area contributed by atoms with Crippen LogP contribution in [-0.4, -0.2) is 7.11 Å². The van der Waals surface area contributed by atoms with Gasteiger partial charge in [-0.05, 0) is 58.7 Å². The Morgan fingerprint density at radius 2 is 2.05 bits per heavy atom. The molecule has 1 unspecified atom stereocenters. The molecule has 5 heteroatoms. The molecule has 108 valence electrons. The van der Waals surface area contributed by atoms with Gasteiger partial charge in [0.2, 0.25) is 0 Å². The molecule has 0 amide bonds. The summed E-state index contributed by atoms with van der Waals surface area (Å²) in [6.07, 6.45) is 0. The second-order valence-electron chi connectivity index (χ2n) is 4.57. The number of nitriles is 1. The number of hydrogen-bond donors (Lipinski definition) is 1. The van der Waals surface area contributed by atoms with Gasteiger partial charge in [-0.25, -0.2) is 4.39 Å². The van der Waals surface area contributed by atoms with Gasteiger partial charge in [-0.1, -0.05) is 6.07 Å². The molecule has 0 aliphatic carbocycles. The van der Waals surface area contributed by atoms with E-state index in [-0.39, 0.29) is 17.6 Å². The highest BCUT2D eigenvalue weighted by Crippen LogP contribution is 2.29. The second kappa shape index (κ2) is 6.59. The van der Waals surface area contributed by atoms with Crippen molar-refractivity contribution < 1.29 is 9.13 Å². The predicted molar refractivity (Wildman–Crippen MR) is 83.8 cm³/mol. The van der Waals surface area contributed by atoms with E-state index in [2.05, 4.69) is 27.3 Å². The minimum absolute atomic E-state index is 0.0382. The lowest BCUT2D eigenvalue weighted by molar-refractivity contribution is 0.385. The average Bonchev–Trinajstić information content (AvgIpc) is 2.49. The number of nitrogens with zero attached hydrogens (tertiary/aromatic N) is 1. The van der Waals surface area contributed by atoms with Crippen LogP contribution in [-0.2, 0) is 0 Å². The van der Waals surface area contributed by atoms with Crippen molar-refractivity contribution in [3.8, 4) is 11.8 Å². The van der Waals surface area contributed by atoms with Crippen LogP contribution in [0.1, 0.15) is 24.1 Å². The molecule has 0 spiro atoms. The maximum absolute atomic E-state index is 13.4. The summed E-state index contributed by atoms with van der Waals surface area (Å²) >= 11 is 3.43. The van der Waals surface area contributed by atoms with Crippen LogP contribution in [0.15, 0.2) is 40.9 Å². The van der Waals surface area contributed by atoms with Gasteiger partial charge in [-0.15, -0.1) is 0 Å². The van der Waals surface area contributed by atoms with Gasteiger partial charge in [0.15, 0.2) is 11.6 Å². The highest BCUT2D eigenvalue weighted by Gasteiger charge is 2.11. The van der Waals surface area contributed by atoms with E-state index >= 15 is 0 Å². The highest BCUT2D eigenvalue weighted by molar-refractivity contribution is 9.10. The first kappa shape index (κ1) is 15.3. The van der Waals surface area contributed by atoms with Crippen LogP contribution in [0.25, 0.3) is 0 Å². The van der Waals surface area contributed by atoms with E-state index < -0.39 is 0 Å². The SMILES string of the molecule is COc1cc(C(C)Nc2ccc(C#N)cc2Br)ccc1F. The molecule has 0 aromatic heterocycles. The second-order valence-corrected chi connectivity index (χ2v) is 5.42. The standard InChI is InChI=1S/C16H14BrFN2O/c1-10(12-4-5-14(18)16(8-12)21-2)20-15-6-3-11(9-19)7-13(15)17/h3-8,10,20H,1-2H3. The van der Waals surface area contributed by atoms with Crippen LogP contribution in [0, 0.1) is 17.1 Å². The van der Waals surface area contributed by atoms with E-state index in [4.69, 9.17) is 10.00 Å². The van der Waals surface area contributed by atoms with Gasteiger partial charge in [0, 0.05) is 16.2 Å². The third kappa shape index (κ3) is 3.53. The Balaban J connectivity index is 2.22. The Labute approximate surface area is 131 Å². The zero-order chi connectivity index (χ0) is 15.4. The maximum Gasteiger partial charge on any atom is 0.165 e. The average molecular weight is 349 g/mol. The molecular formula is C16H14BrFN2O. The van der Waals surface area contributed by atoms with Gasteiger partial charge in [0.25, 0.3) is 0 Å². The van der Waals surface area contributed by atoms with E-state index in [1.807, 2.05) is 13.0 Å². The van der Waals surface area contributed by atoms with Crippen molar-refractivity contribution in [3.63, 3.8) is 0 Å². The molecule has 3 nitrogen and oxygen atoms in total. The summed E-state index contributed by atoms with van der Waals surface area (Å²) < 4.78 is 19.2. The van der Waals surface area contributed by atoms with E-state index in [1.54, 1.807) is 24.3 Å². The molecule has 0 heterocycles. The van der Waals surface area contributed by atoms with Crippen molar-refractivity contribution in [2.75, 3.05) is 12.4 Å². The Morgan fingerprint density at radius 3 is 2.67 bits per heavy atom. The molecule has 0 bridgehead atoms. The van der Waals surface area contributed by atoms with E-state index in [1.165, 1.54) is 13.2 Å². The van der Waals surface area contributed by atoms with Crippen LogP contribution < -0.4 is 10.1 Å². The topological polar surface area (TPSA) is 45.0 Å². The molecule has 0 aliphatic rings. The first-order chi connectivity index (χ1) is 10.0. The van der Waals surface area contributed by atoms with E-state index in [9.17, 15) is 4.39 Å². The molecule has 21 heavy (non-hydrogen) atoms. The smallest absolute Gasteiger partial charge is 0.165 e. The summed E-state index contributed by atoms with van der Waals surface area (Å²) in [5.74, 6) is -0.159. The highest BCUT2D eigenvalue weighted by atomic mass is 79.9. The Hall–Kier alpha value is -2.06. The van der Waals surface area contributed by atoms with Crippen LogP contribution in [0.3, 0.4) is 0 Å². The number of anilines is 1. The Bertz CT molecular complexity index is 697. The van der Waals surface area contributed by atoms with Gasteiger partial charge >= 0.3 is 0 Å². The van der Waals surface area contributed by atoms with Crippen molar-refractivity contribution >= 4 is 21.6 Å². The summed E-state index contributed by atoms with van der Waals surface area (Å²) in [4.78, 5) is 0. The van der Waals surface area contributed by atoms with E-state index in [0.717, 1.165) is 15.7 Å². The molecule has 0 aliphatic heterocycles. The zero-order valence-electron chi connectivity index (χ0n) is 11.7. The summed E-state index contributed by atoms with van der Waals surface area (Å²) in [5, 5.41) is 12.2. The summed E-state index contributed by atoms with van der Waals surface area (Å²) in [6.45, 7) is 1.97. The van der Waals surface area contributed by atoms with Crippen LogP contribution in [0.4, 0.5) is 10.1 Å². The molecule has 2 aromatic rings. The van der Waals surface area contributed by atoms with Crippen LogP contribution in [0.2, 0.25) is 0 Å². The minimum atomic E-state index is -0.381. The lowest BCUT2D eigenvalue weighted by Gasteiger charge is -2.18. The molecule has 0 fully saturated rings. The molecule has 1 atom stereocenters. The van der Waals surface area contributed by atoms with Gasteiger partial charge in [-0.2, -0.15) is 5.26 Å². The normalized spacial score (nSPS) is 11.6. The first-order valence-electron chi connectivity index (χ1n) is 6.34. The summed E-state index contributed by atoms with van der Waals surface area (Å²) in [6, 6.07) is 12.1. The largest absolute Gasteiger partial charge is 0.494 e. The predicted octanol–water partition coefficient (Wildman–Crippen LogP) is 4.64. The molecular weight excluding hydrogens is 335 g/mol. The molecule has 0 radical (unpaired) electrons. The number of halogens is 2. The van der Waals surface area contributed by atoms with Crippen LogP contribution >= 0.6 is 15.9 Å². The maximum atomic E-state index is 13.4. The molecule has 2 rings (SSSR count). The summed E-state index contributed by atoms with van der Waals surface area (Å²) in [7, 11) is 1.44. The minimum Gasteiger partial charge on any atom is -0.494 e. The number of rotatable bonds is 4. The summed E-state index contributed by atoms with van der Waals surface area (Å²) in [5.41, 5.74) is 2.36. The number of benzene rings is 2. The van der Waals surface area contributed by atoms with E-state index in [0.29, 0.717) is 5.56 Å². The fourth-order valence-electron chi connectivity index (χ4n) is 1.96.